The van der Waals surface area contributed by atoms with Crippen molar-refractivity contribution in [2.45, 2.75) is 18.9 Å². The molecule has 1 fully saturated rings. The van der Waals surface area contributed by atoms with E-state index in [4.69, 9.17) is 9.47 Å². The summed E-state index contributed by atoms with van der Waals surface area (Å²) >= 11 is 0. The minimum atomic E-state index is 0.0806. The molecule has 2 heterocycles. The summed E-state index contributed by atoms with van der Waals surface area (Å²) < 4.78 is 11.0. The zero-order chi connectivity index (χ0) is 17.8. The Labute approximate surface area is 147 Å². The number of carbonyl (C=O) groups is 1. The van der Waals surface area contributed by atoms with Crippen molar-refractivity contribution < 1.29 is 14.3 Å². The van der Waals surface area contributed by atoms with E-state index in [-0.39, 0.29) is 11.9 Å². The molecule has 134 valence electrons. The maximum atomic E-state index is 12.3. The van der Waals surface area contributed by atoms with Crippen LogP contribution in [-0.2, 0) is 4.79 Å². The fourth-order valence-electron chi connectivity index (χ4n) is 3.05. The standard InChI is InChI=1S/C18H24N4O3/c1-21(2)11-17(23)22-8-4-5-14(22)12-25-18-19-10-13-6-7-15(24-3)9-16(13)20-18/h6-7,9-10,14H,4-5,8,11-12H2,1-3H3/t14-/m1/s1. The van der Waals surface area contributed by atoms with Crippen LogP contribution in [0.25, 0.3) is 10.9 Å². The summed E-state index contributed by atoms with van der Waals surface area (Å²) in [5, 5.41) is 0.928. The lowest BCUT2D eigenvalue weighted by Gasteiger charge is -2.25. The van der Waals surface area contributed by atoms with E-state index in [2.05, 4.69) is 9.97 Å². The average molecular weight is 344 g/mol. The van der Waals surface area contributed by atoms with Crippen LogP contribution in [0.4, 0.5) is 0 Å². The van der Waals surface area contributed by atoms with Crippen molar-refractivity contribution in [2.75, 3.05) is 40.9 Å². The topological polar surface area (TPSA) is 67.8 Å². The third-order valence-electron chi connectivity index (χ3n) is 4.32. The molecule has 7 nitrogen and oxygen atoms in total. The third kappa shape index (κ3) is 4.17. The van der Waals surface area contributed by atoms with Gasteiger partial charge in [0.25, 0.3) is 0 Å². The minimum absolute atomic E-state index is 0.0806. The third-order valence-corrected chi connectivity index (χ3v) is 4.32. The zero-order valence-electron chi connectivity index (χ0n) is 14.9. The van der Waals surface area contributed by atoms with Gasteiger partial charge in [0.15, 0.2) is 0 Å². The van der Waals surface area contributed by atoms with Crippen LogP contribution in [-0.4, -0.2) is 72.6 Å². The predicted octanol–water partition coefficient (Wildman–Crippen LogP) is 1.57. The van der Waals surface area contributed by atoms with Crippen LogP contribution in [0.2, 0.25) is 0 Å². The maximum Gasteiger partial charge on any atom is 0.316 e. The lowest BCUT2D eigenvalue weighted by Crippen LogP contribution is -2.43. The van der Waals surface area contributed by atoms with E-state index in [0.717, 1.165) is 36.0 Å². The lowest BCUT2D eigenvalue weighted by atomic mass is 10.2. The smallest absolute Gasteiger partial charge is 0.316 e. The molecular formula is C18H24N4O3. The fourth-order valence-corrected chi connectivity index (χ4v) is 3.05. The normalized spacial score (nSPS) is 17.3. The molecule has 3 rings (SSSR count). The van der Waals surface area contributed by atoms with Gasteiger partial charge in [-0.2, -0.15) is 4.98 Å². The van der Waals surface area contributed by atoms with Crippen LogP contribution in [0.15, 0.2) is 24.4 Å². The zero-order valence-corrected chi connectivity index (χ0v) is 14.9. The number of rotatable bonds is 6. The Balaban J connectivity index is 1.66. The number of hydrogen-bond acceptors (Lipinski definition) is 6. The Morgan fingerprint density at radius 3 is 3.00 bits per heavy atom. The van der Waals surface area contributed by atoms with E-state index in [1.165, 1.54) is 0 Å². The van der Waals surface area contributed by atoms with Gasteiger partial charge in [-0.05, 0) is 39.1 Å². The molecule has 0 radical (unpaired) electrons. The van der Waals surface area contributed by atoms with Gasteiger partial charge in [-0.25, -0.2) is 4.98 Å². The summed E-state index contributed by atoms with van der Waals surface area (Å²) in [4.78, 5) is 24.8. The van der Waals surface area contributed by atoms with E-state index >= 15 is 0 Å². The van der Waals surface area contributed by atoms with Crippen LogP contribution in [0.5, 0.6) is 11.8 Å². The van der Waals surface area contributed by atoms with Crippen LogP contribution in [0, 0.1) is 0 Å². The molecule has 1 amide bonds. The number of amides is 1. The van der Waals surface area contributed by atoms with Crippen molar-refractivity contribution >= 4 is 16.8 Å². The molecule has 1 aromatic carbocycles. The molecular weight excluding hydrogens is 320 g/mol. The molecule has 1 saturated heterocycles. The summed E-state index contributed by atoms with van der Waals surface area (Å²) in [5.41, 5.74) is 0.774. The Morgan fingerprint density at radius 2 is 2.24 bits per heavy atom. The Hall–Kier alpha value is -2.41. The Morgan fingerprint density at radius 1 is 1.40 bits per heavy atom. The highest BCUT2D eigenvalue weighted by Crippen LogP contribution is 2.21. The van der Waals surface area contributed by atoms with Gasteiger partial charge >= 0.3 is 6.01 Å². The summed E-state index contributed by atoms with van der Waals surface area (Å²) in [6, 6.07) is 6.05. The summed E-state index contributed by atoms with van der Waals surface area (Å²) in [6.45, 7) is 1.62. The number of likely N-dealkylation sites (N-methyl/N-ethyl adjacent to an activating group) is 1. The van der Waals surface area contributed by atoms with Gasteiger partial charge in [-0.15, -0.1) is 0 Å². The first-order valence-electron chi connectivity index (χ1n) is 8.44. The van der Waals surface area contributed by atoms with Gasteiger partial charge in [0, 0.05) is 24.2 Å². The van der Waals surface area contributed by atoms with Crippen LogP contribution >= 0.6 is 0 Å². The monoisotopic (exact) mass is 344 g/mol. The highest BCUT2D eigenvalue weighted by atomic mass is 16.5. The Kier molecular flexibility index (Phi) is 5.33. The van der Waals surface area contributed by atoms with Crippen LogP contribution in [0.3, 0.4) is 0 Å². The summed E-state index contributed by atoms with van der Waals surface area (Å²) in [5.74, 6) is 0.883. The van der Waals surface area contributed by atoms with E-state index in [0.29, 0.717) is 19.2 Å². The highest BCUT2D eigenvalue weighted by molar-refractivity contribution is 5.79. The number of aromatic nitrogens is 2. The SMILES string of the molecule is COc1ccc2cnc(OC[C@H]3CCCN3C(=O)CN(C)C)nc2c1. The van der Waals surface area contributed by atoms with Gasteiger partial charge in [0.2, 0.25) is 5.91 Å². The molecule has 0 unspecified atom stereocenters. The summed E-state index contributed by atoms with van der Waals surface area (Å²) in [7, 11) is 5.42. The number of ether oxygens (including phenoxy) is 2. The quantitative estimate of drug-likeness (QED) is 0.792. The van der Waals surface area contributed by atoms with Crippen molar-refractivity contribution in [1.82, 2.24) is 19.8 Å². The van der Waals surface area contributed by atoms with Gasteiger partial charge in [-0.1, -0.05) is 0 Å². The molecule has 0 saturated carbocycles. The lowest BCUT2D eigenvalue weighted by molar-refractivity contribution is -0.133. The number of nitrogens with zero attached hydrogens (tertiary/aromatic N) is 4. The first-order valence-corrected chi connectivity index (χ1v) is 8.44. The number of benzene rings is 1. The number of methoxy groups -OCH3 is 1. The van der Waals surface area contributed by atoms with Gasteiger partial charge in [0.05, 0.1) is 25.2 Å². The molecule has 1 aliphatic rings. The van der Waals surface area contributed by atoms with E-state index in [1.807, 2.05) is 42.1 Å². The van der Waals surface area contributed by atoms with Gasteiger partial charge in [-0.3, -0.25) is 4.79 Å². The molecule has 1 aromatic heterocycles. The van der Waals surface area contributed by atoms with Gasteiger partial charge in [0.1, 0.15) is 12.4 Å². The minimum Gasteiger partial charge on any atom is -0.497 e. The first kappa shape index (κ1) is 17.4. The number of carbonyl (C=O) groups excluding carboxylic acids is 1. The molecule has 0 aliphatic carbocycles. The summed E-state index contributed by atoms with van der Waals surface area (Å²) in [6.07, 6.45) is 3.68. The number of hydrogen-bond donors (Lipinski definition) is 0. The largest absolute Gasteiger partial charge is 0.497 e. The van der Waals surface area contributed by atoms with Crippen molar-refractivity contribution in [3.8, 4) is 11.8 Å². The molecule has 25 heavy (non-hydrogen) atoms. The van der Waals surface area contributed by atoms with Crippen molar-refractivity contribution in [3.05, 3.63) is 24.4 Å². The molecule has 2 aromatic rings. The molecule has 1 atom stereocenters. The van der Waals surface area contributed by atoms with Crippen molar-refractivity contribution in [2.24, 2.45) is 0 Å². The van der Waals surface area contributed by atoms with Gasteiger partial charge < -0.3 is 19.3 Å². The molecule has 0 spiro atoms. The molecule has 7 heteroatoms. The second-order valence-electron chi connectivity index (χ2n) is 6.51. The van der Waals surface area contributed by atoms with Crippen LogP contribution in [0.1, 0.15) is 12.8 Å². The second kappa shape index (κ2) is 7.65. The van der Waals surface area contributed by atoms with Crippen LogP contribution < -0.4 is 9.47 Å². The average Bonchev–Trinajstić information content (AvgIpc) is 3.07. The molecule has 0 bridgehead atoms. The molecule has 1 aliphatic heterocycles. The Bertz CT molecular complexity index is 750. The highest BCUT2D eigenvalue weighted by Gasteiger charge is 2.29. The van der Waals surface area contributed by atoms with E-state index < -0.39 is 0 Å². The van der Waals surface area contributed by atoms with Crippen molar-refractivity contribution in [1.29, 1.82) is 0 Å². The predicted molar refractivity (Wildman–Crippen MR) is 94.9 cm³/mol. The van der Waals surface area contributed by atoms with Crippen molar-refractivity contribution in [3.63, 3.8) is 0 Å². The first-order chi connectivity index (χ1) is 12.1. The second-order valence-corrected chi connectivity index (χ2v) is 6.51. The number of fused-ring (bicyclic) bond motifs is 1. The number of likely N-dealkylation sites (tertiary alicyclic amines) is 1. The fraction of sp³-hybridized carbons (Fsp3) is 0.500. The maximum absolute atomic E-state index is 12.3. The van der Waals surface area contributed by atoms with E-state index in [9.17, 15) is 4.79 Å². The molecule has 0 N–H and O–H groups in total. The van der Waals surface area contributed by atoms with E-state index in [1.54, 1.807) is 13.3 Å².